The van der Waals surface area contributed by atoms with E-state index in [0.29, 0.717) is 10.6 Å². The zero-order chi connectivity index (χ0) is 20.3. The van der Waals surface area contributed by atoms with E-state index in [1.165, 1.54) is 11.8 Å². The molecular formula is C21H22N4O2S. The van der Waals surface area contributed by atoms with Gasteiger partial charge in [0.15, 0.2) is 0 Å². The molecule has 0 bridgehead atoms. The van der Waals surface area contributed by atoms with Crippen LogP contribution in [-0.2, 0) is 9.59 Å². The Bertz CT molecular complexity index is 889. The number of nitrogens with zero attached hydrogens (tertiary/aromatic N) is 3. The minimum Gasteiger partial charge on any atom is -0.341 e. The molecule has 0 saturated carbocycles. The molecule has 144 valence electrons. The molecule has 1 N–H and O–H groups in total. The topological polar surface area (TPSA) is 97.0 Å². The van der Waals surface area contributed by atoms with Crippen LogP contribution in [0.15, 0.2) is 40.9 Å². The van der Waals surface area contributed by atoms with Crippen LogP contribution in [-0.4, -0.2) is 29.8 Å². The van der Waals surface area contributed by atoms with Crippen molar-refractivity contribution in [2.45, 2.75) is 31.9 Å². The first kappa shape index (κ1) is 20.0. The van der Waals surface area contributed by atoms with Gasteiger partial charge in [0.05, 0.1) is 22.7 Å². The highest BCUT2D eigenvalue weighted by Crippen LogP contribution is 2.45. The van der Waals surface area contributed by atoms with Gasteiger partial charge in [0.2, 0.25) is 11.8 Å². The van der Waals surface area contributed by atoms with Crippen LogP contribution in [0.25, 0.3) is 0 Å². The van der Waals surface area contributed by atoms with E-state index in [4.69, 9.17) is 0 Å². The minimum absolute atomic E-state index is 0.0204. The summed E-state index contributed by atoms with van der Waals surface area (Å²) in [6, 6.07) is 13.5. The summed E-state index contributed by atoms with van der Waals surface area (Å²) in [7, 11) is 0. The van der Waals surface area contributed by atoms with Crippen molar-refractivity contribution in [1.82, 2.24) is 10.2 Å². The molecule has 3 rings (SSSR count). The molecule has 0 spiro atoms. The molecule has 7 heteroatoms. The second-order valence-corrected chi connectivity index (χ2v) is 8.65. The molecule has 2 atom stereocenters. The smallest absolute Gasteiger partial charge is 0.243 e. The van der Waals surface area contributed by atoms with Crippen LogP contribution < -0.4 is 5.32 Å². The minimum atomic E-state index is -0.948. The number of benzene rings is 1. The molecule has 1 fully saturated rings. The molecule has 6 nitrogen and oxygen atoms in total. The Morgan fingerprint density at radius 2 is 1.89 bits per heavy atom. The predicted molar refractivity (Wildman–Crippen MR) is 106 cm³/mol. The number of hydrogen-bond donors (Lipinski definition) is 1. The largest absolute Gasteiger partial charge is 0.341 e. The van der Waals surface area contributed by atoms with E-state index in [9.17, 15) is 20.1 Å². The van der Waals surface area contributed by atoms with E-state index in [2.05, 4.69) is 11.4 Å². The highest BCUT2D eigenvalue weighted by atomic mass is 32.2. The lowest BCUT2D eigenvalue weighted by molar-refractivity contribution is -0.129. The van der Waals surface area contributed by atoms with Gasteiger partial charge in [0, 0.05) is 18.5 Å². The third-order valence-electron chi connectivity index (χ3n) is 5.31. The van der Waals surface area contributed by atoms with Crippen LogP contribution in [0.4, 0.5) is 0 Å². The van der Waals surface area contributed by atoms with Crippen molar-refractivity contribution in [3.63, 3.8) is 0 Å². The number of nitriles is 2. The van der Waals surface area contributed by atoms with Gasteiger partial charge in [-0.15, -0.1) is 0 Å². The van der Waals surface area contributed by atoms with Gasteiger partial charge in [0.1, 0.15) is 11.2 Å². The molecule has 2 amide bonds. The maximum Gasteiger partial charge on any atom is 0.243 e. The fourth-order valence-corrected chi connectivity index (χ4v) is 4.99. The summed E-state index contributed by atoms with van der Waals surface area (Å²) in [4.78, 5) is 27.5. The third-order valence-corrected chi connectivity index (χ3v) is 6.56. The molecule has 2 aliphatic heterocycles. The van der Waals surface area contributed by atoms with Crippen LogP contribution in [0.3, 0.4) is 0 Å². The second-order valence-electron chi connectivity index (χ2n) is 7.53. The second kappa shape index (κ2) is 8.08. The van der Waals surface area contributed by atoms with Crippen molar-refractivity contribution >= 4 is 23.6 Å². The Kier molecular flexibility index (Phi) is 5.76. The van der Waals surface area contributed by atoms with Crippen molar-refractivity contribution in [1.29, 1.82) is 10.5 Å². The molecule has 2 unspecified atom stereocenters. The molecule has 1 aromatic rings. The Labute approximate surface area is 169 Å². The van der Waals surface area contributed by atoms with Gasteiger partial charge in [-0.1, -0.05) is 55.9 Å². The lowest BCUT2D eigenvalue weighted by Gasteiger charge is -2.35. The first-order valence-corrected chi connectivity index (χ1v) is 10.1. The summed E-state index contributed by atoms with van der Waals surface area (Å²) in [6.07, 6.45) is 1.97. The summed E-state index contributed by atoms with van der Waals surface area (Å²) in [6.45, 7) is 4.89. The zero-order valence-corrected chi connectivity index (χ0v) is 16.8. The normalized spacial score (nSPS) is 22.2. The number of thioether (sulfide) groups is 1. The SMILES string of the molecule is CC1(C)C(C#N)=C(SC(C(=O)N2CCCC2)c2ccccc2)NC(=O)C1C#N. The average Bonchev–Trinajstić information content (AvgIpc) is 3.20. The highest BCUT2D eigenvalue weighted by molar-refractivity contribution is 8.03. The van der Waals surface area contributed by atoms with E-state index in [0.717, 1.165) is 31.5 Å². The Balaban J connectivity index is 2.01. The van der Waals surface area contributed by atoms with Gasteiger partial charge in [-0.2, -0.15) is 10.5 Å². The van der Waals surface area contributed by atoms with Crippen molar-refractivity contribution in [2.24, 2.45) is 11.3 Å². The maximum absolute atomic E-state index is 13.2. The average molecular weight is 394 g/mol. The van der Waals surface area contributed by atoms with Crippen molar-refractivity contribution in [2.75, 3.05) is 13.1 Å². The summed E-state index contributed by atoms with van der Waals surface area (Å²) >= 11 is 1.19. The monoisotopic (exact) mass is 394 g/mol. The van der Waals surface area contributed by atoms with E-state index >= 15 is 0 Å². The molecule has 0 aromatic heterocycles. The number of rotatable bonds is 4. The van der Waals surface area contributed by atoms with Gasteiger partial charge < -0.3 is 10.2 Å². The number of carbonyl (C=O) groups excluding carboxylic acids is 2. The maximum atomic E-state index is 13.2. The van der Waals surface area contributed by atoms with E-state index < -0.39 is 22.5 Å². The Hall–Kier alpha value is -2.77. The first-order chi connectivity index (χ1) is 13.4. The summed E-state index contributed by atoms with van der Waals surface area (Å²) in [5.74, 6) is -1.40. The predicted octanol–water partition coefficient (Wildman–Crippen LogP) is 3.11. The van der Waals surface area contributed by atoms with Crippen molar-refractivity contribution < 1.29 is 9.59 Å². The van der Waals surface area contributed by atoms with Crippen LogP contribution in [0.2, 0.25) is 0 Å². The molecule has 0 radical (unpaired) electrons. The lowest BCUT2D eigenvalue weighted by atomic mass is 9.72. The first-order valence-electron chi connectivity index (χ1n) is 9.26. The van der Waals surface area contributed by atoms with Crippen LogP contribution in [0, 0.1) is 34.0 Å². The summed E-state index contributed by atoms with van der Waals surface area (Å²) < 4.78 is 0. The van der Waals surface area contributed by atoms with Gasteiger partial charge in [0.25, 0.3) is 0 Å². The Morgan fingerprint density at radius 3 is 2.46 bits per heavy atom. The van der Waals surface area contributed by atoms with Crippen molar-refractivity contribution in [3.05, 3.63) is 46.5 Å². The van der Waals surface area contributed by atoms with Gasteiger partial charge in [-0.05, 0) is 18.4 Å². The number of nitrogens with one attached hydrogen (secondary N) is 1. The highest BCUT2D eigenvalue weighted by Gasteiger charge is 2.45. The molecule has 1 aromatic carbocycles. The van der Waals surface area contributed by atoms with E-state index in [1.807, 2.05) is 41.3 Å². The number of allylic oxidation sites excluding steroid dienone is 1. The van der Waals surface area contributed by atoms with E-state index in [-0.39, 0.29) is 5.91 Å². The molecule has 0 aliphatic carbocycles. The van der Waals surface area contributed by atoms with E-state index in [1.54, 1.807) is 13.8 Å². The Morgan fingerprint density at radius 1 is 1.25 bits per heavy atom. The fourth-order valence-electron chi connectivity index (χ4n) is 3.62. The standard InChI is InChI=1S/C21H22N4O2S/c1-21(2)15(12-22)18(26)24-19(16(21)13-23)28-17(14-8-4-3-5-9-14)20(27)25-10-6-7-11-25/h3-5,8-9,15,17H,6-7,10-11H2,1-2H3,(H,24,26). The third kappa shape index (κ3) is 3.63. The number of amides is 2. The summed E-state index contributed by atoms with van der Waals surface area (Å²) in [5, 5.41) is 21.6. The van der Waals surface area contributed by atoms with Gasteiger partial charge in [-0.3, -0.25) is 9.59 Å². The quantitative estimate of drug-likeness (QED) is 0.846. The molecule has 28 heavy (non-hydrogen) atoms. The van der Waals surface area contributed by atoms with Crippen LogP contribution in [0.1, 0.15) is 37.5 Å². The lowest BCUT2D eigenvalue weighted by Crippen LogP contribution is -2.45. The molecule has 2 aliphatic rings. The zero-order valence-electron chi connectivity index (χ0n) is 15.9. The number of hydrogen-bond acceptors (Lipinski definition) is 5. The number of carbonyl (C=O) groups is 2. The van der Waals surface area contributed by atoms with Gasteiger partial charge >= 0.3 is 0 Å². The van der Waals surface area contributed by atoms with Crippen molar-refractivity contribution in [3.8, 4) is 12.1 Å². The molecular weight excluding hydrogens is 372 g/mol. The van der Waals surface area contributed by atoms with Gasteiger partial charge in [-0.25, -0.2) is 0 Å². The van der Waals surface area contributed by atoms with Crippen LogP contribution in [0.5, 0.6) is 0 Å². The number of likely N-dealkylation sites (tertiary alicyclic amines) is 1. The molecule has 1 saturated heterocycles. The van der Waals surface area contributed by atoms with Crippen LogP contribution >= 0.6 is 11.8 Å². The summed E-state index contributed by atoms with van der Waals surface area (Å²) in [5.41, 5.74) is 0.231. The fraction of sp³-hybridized carbons (Fsp3) is 0.429. The molecule has 2 heterocycles.